The molecule has 2 aromatic carbocycles. The van der Waals surface area contributed by atoms with E-state index in [0.29, 0.717) is 16.5 Å². The van der Waals surface area contributed by atoms with Gasteiger partial charge in [0, 0.05) is 10.6 Å². The number of nitriles is 1. The van der Waals surface area contributed by atoms with E-state index >= 15 is 0 Å². The van der Waals surface area contributed by atoms with Crippen LogP contribution in [0.5, 0.6) is 0 Å². The molecular formula is C19H17N5OS. The molecule has 0 fully saturated rings. The monoisotopic (exact) mass is 363 g/mol. The molecule has 7 heteroatoms. The van der Waals surface area contributed by atoms with Gasteiger partial charge in [-0.15, -0.1) is 5.10 Å². The van der Waals surface area contributed by atoms with E-state index in [1.165, 1.54) is 17.3 Å². The van der Waals surface area contributed by atoms with Gasteiger partial charge in [-0.05, 0) is 56.2 Å². The van der Waals surface area contributed by atoms with Crippen LogP contribution >= 0.6 is 11.8 Å². The Morgan fingerprint density at radius 2 is 1.77 bits per heavy atom. The smallest absolute Gasteiger partial charge is 0.297 e. The number of anilines is 2. The first-order chi connectivity index (χ1) is 12.5. The van der Waals surface area contributed by atoms with Crippen LogP contribution in [-0.4, -0.2) is 15.2 Å². The first-order valence-electron chi connectivity index (χ1n) is 7.96. The van der Waals surface area contributed by atoms with Crippen LogP contribution in [0.4, 0.5) is 11.6 Å². The molecule has 0 aliphatic rings. The van der Waals surface area contributed by atoms with E-state index in [0.717, 1.165) is 21.7 Å². The normalized spacial score (nSPS) is 10.4. The number of benzene rings is 2. The number of aromatic amines is 1. The van der Waals surface area contributed by atoms with Gasteiger partial charge < -0.3 is 5.32 Å². The van der Waals surface area contributed by atoms with Gasteiger partial charge in [-0.25, -0.2) is 5.10 Å². The highest BCUT2D eigenvalue weighted by Crippen LogP contribution is 2.31. The second-order valence-corrected chi connectivity index (χ2v) is 6.94. The van der Waals surface area contributed by atoms with Gasteiger partial charge in [-0.2, -0.15) is 10.2 Å². The van der Waals surface area contributed by atoms with Crippen molar-refractivity contribution < 1.29 is 0 Å². The predicted molar refractivity (Wildman–Crippen MR) is 102 cm³/mol. The predicted octanol–water partition coefficient (Wildman–Crippen LogP) is 3.86. The summed E-state index contributed by atoms with van der Waals surface area (Å²) in [5, 5.41) is 18.6. The molecule has 0 radical (unpaired) electrons. The van der Waals surface area contributed by atoms with Gasteiger partial charge in [0.05, 0.1) is 11.6 Å². The third kappa shape index (κ3) is 3.92. The Bertz CT molecular complexity index is 1030. The van der Waals surface area contributed by atoms with Crippen molar-refractivity contribution in [2.24, 2.45) is 0 Å². The summed E-state index contributed by atoms with van der Waals surface area (Å²) in [6.45, 7) is 6.09. The summed E-state index contributed by atoms with van der Waals surface area (Å²) in [7, 11) is 0. The molecule has 1 heterocycles. The first-order valence-corrected chi connectivity index (χ1v) is 8.77. The fourth-order valence-corrected chi connectivity index (χ4v) is 3.53. The molecule has 0 bridgehead atoms. The van der Waals surface area contributed by atoms with Crippen molar-refractivity contribution in [3.63, 3.8) is 0 Å². The van der Waals surface area contributed by atoms with E-state index in [2.05, 4.69) is 38.7 Å². The van der Waals surface area contributed by atoms with Crippen LogP contribution in [0.2, 0.25) is 0 Å². The standard InChI is InChI=1S/C19H17N5OS/c1-11-8-12(2)16(13(3)9-11)26-18-17(25)23-24-19(22-18)21-15-6-4-14(10-20)5-7-15/h4-9H,1-3H3,(H,23,25)(H,21,22,24). The van der Waals surface area contributed by atoms with Crippen molar-refractivity contribution in [2.45, 2.75) is 30.7 Å². The highest BCUT2D eigenvalue weighted by molar-refractivity contribution is 7.99. The minimum atomic E-state index is -0.334. The SMILES string of the molecule is Cc1cc(C)c(Sc2nc(Nc3ccc(C#N)cc3)n[nH]c2=O)c(C)c1. The molecule has 3 rings (SSSR count). The molecule has 0 aliphatic carbocycles. The van der Waals surface area contributed by atoms with Crippen molar-refractivity contribution in [3.8, 4) is 6.07 Å². The van der Waals surface area contributed by atoms with Crippen molar-refractivity contribution in [1.29, 1.82) is 5.26 Å². The summed E-state index contributed by atoms with van der Waals surface area (Å²) >= 11 is 1.33. The van der Waals surface area contributed by atoms with Crippen molar-refractivity contribution >= 4 is 23.4 Å². The van der Waals surface area contributed by atoms with E-state index in [9.17, 15) is 4.79 Å². The van der Waals surface area contributed by atoms with Crippen LogP contribution in [0.25, 0.3) is 0 Å². The third-order valence-corrected chi connectivity index (χ3v) is 5.06. The van der Waals surface area contributed by atoms with Crippen molar-refractivity contribution in [1.82, 2.24) is 15.2 Å². The Morgan fingerprint density at radius 3 is 2.38 bits per heavy atom. The summed E-state index contributed by atoms with van der Waals surface area (Å²) in [6.07, 6.45) is 0. The molecule has 0 saturated heterocycles. The Hall–Kier alpha value is -3.11. The average molecular weight is 363 g/mol. The molecule has 0 unspecified atom stereocenters. The molecule has 1 aromatic heterocycles. The summed E-state index contributed by atoms with van der Waals surface area (Å²) in [5.41, 5.74) is 4.36. The summed E-state index contributed by atoms with van der Waals surface area (Å²) in [5.74, 6) is 0.291. The molecule has 130 valence electrons. The molecule has 0 aliphatic heterocycles. The van der Waals surface area contributed by atoms with Gasteiger partial charge in [-0.1, -0.05) is 29.5 Å². The van der Waals surface area contributed by atoms with Gasteiger partial charge in [0.2, 0.25) is 5.95 Å². The minimum Gasteiger partial charge on any atom is -0.323 e. The maximum Gasteiger partial charge on any atom is 0.297 e. The van der Waals surface area contributed by atoms with Crippen LogP contribution in [0.3, 0.4) is 0 Å². The lowest BCUT2D eigenvalue weighted by molar-refractivity contribution is 0.870. The fourth-order valence-electron chi connectivity index (χ4n) is 2.63. The number of hydrogen-bond acceptors (Lipinski definition) is 6. The zero-order chi connectivity index (χ0) is 18.7. The molecule has 2 N–H and O–H groups in total. The lowest BCUT2D eigenvalue weighted by atomic mass is 10.1. The van der Waals surface area contributed by atoms with Crippen molar-refractivity contribution in [2.75, 3.05) is 5.32 Å². The van der Waals surface area contributed by atoms with E-state index in [1.807, 2.05) is 20.8 Å². The van der Waals surface area contributed by atoms with Crippen molar-refractivity contribution in [3.05, 3.63) is 69.0 Å². The van der Waals surface area contributed by atoms with Gasteiger partial charge in [0.25, 0.3) is 5.56 Å². The minimum absolute atomic E-state index is 0.291. The quantitative estimate of drug-likeness (QED) is 0.731. The largest absolute Gasteiger partial charge is 0.323 e. The second kappa shape index (κ2) is 7.42. The summed E-state index contributed by atoms with van der Waals surface area (Å²) in [6, 6.07) is 13.1. The summed E-state index contributed by atoms with van der Waals surface area (Å²) < 4.78 is 0. The van der Waals surface area contributed by atoms with Crippen LogP contribution in [0, 0.1) is 32.1 Å². The van der Waals surface area contributed by atoms with Crippen LogP contribution in [0.15, 0.2) is 51.1 Å². The van der Waals surface area contributed by atoms with Gasteiger partial charge in [0.1, 0.15) is 0 Å². The summed E-state index contributed by atoms with van der Waals surface area (Å²) in [4.78, 5) is 17.5. The van der Waals surface area contributed by atoms with E-state index in [1.54, 1.807) is 24.3 Å². The third-order valence-electron chi connectivity index (χ3n) is 3.74. The molecule has 0 spiro atoms. The topological polar surface area (TPSA) is 94.5 Å². The highest BCUT2D eigenvalue weighted by Gasteiger charge is 2.12. The fraction of sp³-hybridized carbons (Fsp3) is 0.158. The first kappa shape index (κ1) is 17.7. The van der Waals surface area contributed by atoms with Crippen LogP contribution < -0.4 is 10.9 Å². The van der Waals surface area contributed by atoms with Gasteiger partial charge >= 0.3 is 0 Å². The number of H-pyrrole nitrogens is 1. The number of nitrogens with one attached hydrogen (secondary N) is 2. The van der Waals surface area contributed by atoms with E-state index < -0.39 is 0 Å². The molecular weight excluding hydrogens is 346 g/mol. The van der Waals surface area contributed by atoms with Gasteiger partial charge in [-0.3, -0.25) is 4.79 Å². The molecule has 26 heavy (non-hydrogen) atoms. The van der Waals surface area contributed by atoms with Gasteiger partial charge in [0.15, 0.2) is 5.03 Å². The molecule has 0 saturated carbocycles. The number of nitrogens with zero attached hydrogens (tertiary/aromatic N) is 3. The van der Waals surface area contributed by atoms with E-state index in [-0.39, 0.29) is 5.56 Å². The number of hydrogen-bond donors (Lipinski definition) is 2. The second-order valence-electron chi connectivity index (χ2n) is 5.94. The molecule has 0 atom stereocenters. The van der Waals surface area contributed by atoms with E-state index in [4.69, 9.17) is 5.26 Å². The Kier molecular flexibility index (Phi) is 5.05. The molecule has 3 aromatic rings. The zero-order valence-electron chi connectivity index (χ0n) is 14.6. The maximum absolute atomic E-state index is 12.1. The Labute approximate surface area is 155 Å². The Balaban J connectivity index is 1.88. The highest BCUT2D eigenvalue weighted by atomic mass is 32.2. The number of aromatic nitrogens is 3. The van der Waals surface area contributed by atoms with Crippen LogP contribution in [-0.2, 0) is 0 Å². The zero-order valence-corrected chi connectivity index (χ0v) is 15.4. The average Bonchev–Trinajstić information content (AvgIpc) is 2.61. The Morgan fingerprint density at radius 1 is 1.12 bits per heavy atom. The molecule has 0 amide bonds. The lowest BCUT2D eigenvalue weighted by Gasteiger charge is -2.10. The molecule has 6 nitrogen and oxygen atoms in total. The van der Waals surface area contributed by atoms with Crippen LogP contribution in [0.1, 0.15) is 22.3 Å². The number of aryl methyl sites for hydroxylation is 3. The number of rotatable bonds is 4. The lowest BCUT2D eigenvalue weighted by Crippen LogP contribution is -2.15. The maximum atomic E-state index is 12.1.